The van der Waals surface area contributed by atoms with Crippen molar-refractivity contribution in [3.63, 3.8) is 0 Å². The molecule has 2 rings (SSSR count). The van der Waals surface area contributed by atoms with E-state index in [4.69, 9.17) is 4.74 Å². The lowest BCUT2D eigenvalue weighted by atomic mass is 9.99. The fraction of sp³-hybridized carbons (Fsp3) is 0.421. The summed E-state index contributed by atoms with van der Waals surface area (Å²) < 4.78 is 42.1. The molecule has 1 atom stereocenters. The molecule has 2 aromatic rings. The third kappa shape index (κ3) is 8.79. The van der Waals surface area contributed by atoms with Crippen molar-refractivity contribution in [3.8, 4) is 5.75 Å². The number of alkyl halides is 3. The molecule has 0 aliphatic heterocycles. The number of halogens is 4. The van der Waals surface area contributed by atoms with E-state index in [1.165, 1.54) is 17.4 Å². The van der Waals surface area contributed by atoms with Gasteiger partial charge in [-0.2, -0.15) is 24.5 Å². The van der Waals surface area contributed by atoms with Gasteiger partial charge in [0.1, 0.15) is 11.4 Å². The molecule has 0 saturated carbocycles. The van der Waals surface area contributed by atoms with Crippen molar-refractivity contribution in [1.29, 1.82) is 0 Å². The van der Waals surface area contributed by atoms with Crippen LogP contribution in [0.25, 0.3) is 0 Å². The summed E-state index contributed by atoms with van der Waals surface area (Å²) in [7, 11) is 0. The van der Waals surface area contributed by atoms with Crippen LogP contribution >= 0.6 is 35.3 Å². The van der Waals surface area contributed by atoms with Crippen LogP contribution < -0.4 is 15.4 Å². The molecular weight excluding hydrogens is 518 g/mol. The van der Waals surface area contributed by atoms with Gasteiger partial charge in [0.15, 0.2) is 12.6 Å². The lowest BCUT2D eigenvalue weighted by Gasteiger charge is -2.24. The zero-order valence-corrected chi connectivity index (χ0v) is 19.3. The number of benzene rings is 1. The predicted octanol–water partition coefficient (Wildman–Crippen LogP) is 4.27. The summed E-state index contributed by atoms with van der Waals surface area (Å²) in [6.45, 7) is 3.19. The summed E-state index contributed by atoms with van der Waals surface area (Å²) in [6.07, 6.45) is -4.40. The van der Waals surface area contributed by atoms with Crippen LogP contribution in [0.2, 0.25) is 0 Å². The van der Waals surface area contributed by atoms with Gasteiger partial charge in [0.25, 0.3) is 0 Å². The second kappa shape index (κ2) is 11.6. The molecule has 0 bridgehead atoms. The number of aliphatic imine (C=N–C) groups is 1. The van der Waals surface area contributed by atoms with Crippen LogP contribution in [0.5, 0.6) is 5.75 Å². The summed E-state index contributed by atoms with van der Waals surface area (Å²) in [6, 6.07) is 8.33. The molecule has 29 heavy (non-hydrogen) atoms. The molecule has 1 aromatic carbocycles. The molecule has 1 aromatic heterocycles. The summed E-state index contributed by atoms with van der Waals surface area (Å²) in [5.74, 6) is 0.591. The maximum absolute atomic E-state index is 12.4. The van der Waals surface area contributed by atoms with Crippen LogP contribution in [0.3, 0.4) is 0 Å². The molecule has 0 aliphatic rings. The monoisotopic (exact) mass is 543 g/mol. The maximum Gasteiger partial charge on any atom is 0.422 e. The van der Waals surface area contributed by atoms with Crippen molar-refractivity contribution in [2.45, 2.75) is 32.2 Å². The smallest absolute Gasteiger partial charge is 0.422 e. The predicted molar refractivity (Wildman–Crippen MR) is 120 cm³/mol. The Morgan fingerprint density at radius 2 is 1.93 bits per heavy atom. The van der Waals surface area contributed by atoms with E-state index in [2.05, 4.69) is 15.6 Å². The number of nitrogens with zero attached hydrogens (tertiary/aromatic N) is 1. The van der Waals surface area contributed by atoms with E-state index in [0.29, 0.717) is 18.1 Å². The number of guanidine groups is 1. The van der Waals surface area contributed by atoms with Crippen molar-refractivity contribution in [2.24, 2.45) is 4.99 Å². The van der Waals surface area contributed by atoms with E-state index in [9.17, 15) is 18.3 Å². The van der Waals surface area contributed by atoms with E-state index >= 15 is 0 Å². The van der Waals surface area contributed by atoms with E-state index < -0.39 is 18.4 Å². The molecule has 1 heterocycles. The first-order valence-electron chi connectivity index (χ1n) is 8.76. The standard InChI is InChI=1S/C19H24F3N3O2S.HI/c1-3-23-17(25-12-18(2,26)15-8-9-28-11-15)24-10-14-6-4-5-7-16(14)27-13-19(20,21)22;/h4-9,11,26H,3,10,12-13H2,1-2H3,(H2,23,24,25);1H. The Bertz CT molecular complexity index is 768. The second-order valence-electron chi connectivity index (χ2n) is 6.35. The highest BCUT2D eigenvalue weighted by atomic mass is 127. The summed E-state index contributed by atoms with van der Waals surface area (Å²) >= 11 is 1.50. The Morgan fingerprint density at radius 3 is 2.55 bits per heavy atom. The Kier molecular flexibility index (Phi) is 10.2. The molecule has 1 unspecified atom stereocenters. The molecule has 0 fully saturated rings. The van der Waals surface area contributed by atoms with Crippen LogP contribution in [0.15, 0.2) is 46.1 Å². The van der Waals surface area contributed by atoms with Crippen molar-refractivity contribution in [1.82, 2.24) is 10.6 Å². The van der Waals surface area contributed by atoms with E-state index in [1.807, 2.05) is 23.8 Å². The maximum atomic E-state index is 12.4. The number of rotatable bonds is 8. The molecule has 0 aliphatic carbocycles. The topological polar surface area (TPSA) is 65.9 Å². The first-order chi connectivity index (χ1) is 13.2. The SMILES string of the molecule is CCNC(=NCc1ccccc1OCC(F)(F)F)NCC(C)(O)c1ccsc1.I. The average molecular weight is 543 g/mol. The number of nitrogens with one attached hydrogen (secondary N) is 2. The van der Waals surface area contributed by atoms with Gasteiger partial charge in [0.05, 0.1) is 13.1 Å². The zero-order valence-electron chi connectivity index (χ0n) is 16.1. The fourth-order valence-corrected chi connectivity index (χ4v) is 3.15. The fourth-order valence-electron chi connectivity index (χ4n) is 2.37. The first kappa shape index (κ1) is 25.5. The van der Waals surface area contributed by atoms with Crippen molar-refractivity contribution in [2.75, 3.05) is 19.7 Å². The van der Waals surface area contributed by atoms with Gasteiger partial charge in [-0.1, -0.05) is 18.2 Å². The Balaban J connectivity index is 0.00000420. The van der Waals surface area contributed by atoms with Gasteiger partial charge in [-0.05, 0) is 42.3 Å². The van der Waals surface area contributed by atoms with Gasteiger partial charge < -0.3 is 20.5 Å². The van der Waals surface area contributed by atoms with Crippen molar-refractivity contribution in [3.05, 3.63) is 52.2 Å². The lowest BCUT2D eigenvalue weighted by Crippen LogP contribution is -2.44. The summed E-state index contributed by atoms with van der Waals surface area (Å²) in [5.41, 5.74) is 0.254. The molecular formula is C19H25F3IN3O2S. The first-order valence-corrected chi connectivity index (χ1v) is 9.70. The third-order valence-corrected chi connectivity index (χ3v) is 4.54. The molecule has 10 heteroatoms. The van der Waals surface area contributed by atoms with Gasteiger partial charge in [0, 0.05) is 12.1 Å². The number of hydrogen-bond acceptors (Lipinski definition) is 4. The van der Waals surface area contributed by atoms with Crippen LogP contribution in [0.4, 0.5) is 13.2 Å². The number of ether oxygens (including phenoxy) is 1. The van der Waals surface area contributed by atoms with Gasteiger partial charge in [-0.3, -0.25) is 0 Å². The van der Waals surface area contributed by atoms with Crippen LogP contribution in [-0.4, -0.2) is 36.9 Å². The van der Waals surface area contributed by atoms with Crippen molar-refractivity contribution >= 4 is 41.3 Å². The van der Waals surface area contributed by atoms with Crippen LogP contribution in [0, 0.1) is 0 Å². The third-order valence-electron chi connectivity index (χ3n) is 3.86. The highest BCUT2D eigenvalue weighted by molar-refractivity contribution is 14.0. The lowest BCUT2D eigenvalue weighted by molar-refractivity contribution is -0.153. The molecule has 5 nitrogen and oxygen atoms in total. The van der Waals surface area contributed by atoms with Gasteiger partial charge in [-0.15, -0.1) is 24.0 Å². The molecule has 0 amide bonds. The van der Waals surface area contributed by atoms with E-state index in [1.54, 1.807) is 25.1 Å². The second-order valence-corrected chi connectivity index (χ2v) is 7.13. The number of aliphatic hydroxyl groups is 1. The summed E-state index contributed by atoms with van der Waals surface area (Å²) in [5, 5.41) is 20.5. The number of para-hydroxylation sites is 1. The Hall–Kier alpha value is -1.53. The molecule has 162 valence electrons. The van der Waals surface area contributed by atoms with Gasteiger partial charge in [0.2, 0.25) is 0 Å². The van der Waals surface area contributed by atoms with Crippen LogP contribution in [-0.2, 0) is 12.1 Å². The molecule has 3 N–H and O–H groups in total. The minimum Gasteiger partial charge on any atom is -0.484 e. The number of hydrogen-bond donors (Lipinski definition) is 3. The normalized spacial score (nSPS) is 13.9. The zero-order chi connectivity index (χ0) is 20.6. The summed E-state index contributed by atoms with van der Waals surface area (Å²) in [4.78, 5) is 4.40. The minimum absolute atomic E-state index is 0. The van der Waals surface area contributed by atoms with E-state index in [-0.39, 0.29) is 42.8 Å². The Morgan fingerprint density at radius 1 is 1.21 bits per heavy atom. The minimum atomic E-state index is -4.40. The van der Waals surface area contributed by atoms with Gasteiger partial charge in [-0.25, -0.2) is 4.99 Å². The largest absolute Gasteiger partial charge is 0.484 e. The van der Waals surface area contributed by atoms with Crippen molar-refractivity contribution < 1.29 is 23.0 Å². The average Bonchev–Trinajstić information content (AvgIpc) is 3.18. The molecule has 0 saturated heterocycles. The number of thiophene rings is 1. The highest BCUT2D eigenvalue weighted by Crippen LogP contribution is 2.23. The molecule has 0 spiro atoms. The van der Waals surface area contributed by atoms with Gasteiger partial charge >= 0.3 is 6.18 Å². The van der Waals surface area contributed by atoms with Crippen LogP contribution in [0.1, 0.15) is 25.0 Å². The highest BCUT2D eigenvalue weighted by Gasteiger charge is 2.28. The van der Waals surface area contributed by atoms with E-state index in [0.717, 1.165) is 5.56 Å². The Labute approximate surface area is 189 Å². The quantitative estimate of drug-likeness (QED) is 0.265. The molecule has 0 radical (unpaired) electrons.